The van der Waals surface area contributed by atoms with Gasteiger partial charge in [-0.3, -0.25) is 5.32 Å². The van der Waals surface area contributed by atoms with Gasteiger partial charge in [-0.2, -0.15) is 23.9 Å². The van der Waals surface area contributed by atoms with Gasteiger partial charge in [0.1, 0.15) is 17.3 Å². The number of nitrogens with one attached hydrogen (secondary N) is 3. The summed E-state index contributed by atoms with van der Waals surface area (Å²) >= 11 is 5.74. The van der Waals surface area contributed by atoms with Crippen LogP contribution in [0.3, 0.4) is 0 Å². The topological polar surface area (TPSA) is 159 Å². The van der Waals surface area contributed by atoms with Crippen molar-refractivity contribution in [1.82, 2.24) is 26.4 Å². The molecule has 0 atom stereocenters. The summed E-state index contributed by atoms with van der Waals surface area (Å²) in [5.74, 6) is -3.24. The second-order valence-electron chi connectivity index (χ2n) is 7.21. The highest BCUT2D eigenvalue weighted by Gasteiger charge is 2.42. The fourth-order valence-electron chi connectivity index (χ4n) is 2.72. The number of nitriles is 1. The van der Waals surface area contributed by atoms with Crippen LogP contribution in [-0.4, -0.2) is 41.4 Å². The summed E-state index contributed by atoms with van der Waals surface area (Å²) in [5.41, 5.74) is 2.18. The number of alkyl halides is 3. The first kappa shape index (κ1) is 28.7. The van der Waals surface area contributed by atoms with Crippen LogP contribution >= 0.6 is 11.6 Å². The van der Waals surface area contributed by atoms with Crippen molar-refractivity contribution in [2.75, 3.05) is 7.11 Å². The number of hydrogen-bond acceptors (Lipinski definition) is 9. The minimum absolute atomic E-state index is 0.0162. The molecule has 0 saturated heterocycles. The van der Waals surface area contributed by atoms with Crippen LogP contribution in [0.2, 0.25) is 5.02 Å². The number of hydroxylamine groups is 1. The van der Waals surface area contributed by atoms with Crippen molar-refractivity contribution in [3.63, 3.8) is 0 Å². The molecule has 0 saturated carbocycles. The maximum Gasteiger partial charge on any atom is 0.493 e. The summed E-state index contributed by atoms with van der Waals surface area (Å²) in [6.45, 7) is -0.0645. The van der Waals surface area contributed by atoms with Crippen molar-refractivity contribution in [1.29, 1.82) is 5.26 Å². The van der Waals surface area contributed by atoms with Crippen LogP contribution in [0.1, 0.15) is 17.0 Å². The average Bonchev–Trinajstić information content (AvgIpc) is 3.38. The van der Waals surface area contributed by atoms with Crippen molar-refractivity contribution in [2.45, 2.75) is 19.3 Å². The molecule has 0 bridgehead atoms. The Labute approximate surface area is 222 Å². The van der Waals surface area contributed by atoms with Crippen molar-refractivity contribution >= 4 is 35.1 Å². The number of carbonyl (C=O) groups excluding carboxylic acids is 1. The molecule has 0 aliphatic heterocycles. The third kappa shape index (κ3) is 8.30. The summed E-state index contributed by atoms with van der Waals surface area (Å²) in [5, 5.41) is 21.1. The van der Waals surface area contributed by atoms with Gasteiger partial charge < -0.3 is 14.9 Å². The Hall–Kier alpha value is -4.91. The summed E-state index contributed by atoms with van der Waals surface area (Å²) < 4.78 is 61.2. The van der Waals surface area contributed by atoms with E-state index < -0.39 is 23.8 Å². The zero-order valence-electron chi connectivity index (χ0n) is 19.7. The summed E-state index contributed by atoms with van der Waals surface area (Å²) in [4.78, 5) is 23.5. The highest BCUT2D eigenvalue weighted by atomic mass is 35.5. The molecule has 2 aromatic carbocycles. The average molecular weight is 569 g/mol. The van der Waals surface area contributed by atoms with Gasteiger partial charge in [-0.25, -0.2) is 23.8 Å². The van der Waals surface area contributed by atoms with Crippen LogP contribution in [0.25, 0.3) is 0 Å². The van der Waals surface area contributed by atoms with E-state index in [9.17, 15) is 22.4 Å². The van der Waals surface area contributed by atoms with E-state index in [1.807, 2.05) is 0 Å². The zero-order valence-corrected chi connectivity index (χ0v) is 20.5. The first-order valence-corrected chi connectivity index (χ1v) is 10.9. The number of guanidine groups is 1. The number of ether oxygens (including phenoxy) is 1. The molecular formula is C22H17ClF4N8O4. The Bertz CT molecular complexity index is 1400. The highest BCUT2D eigenvalue weighted by molar-refractivity contribution is 6.31. The molecule has 0 radical (unpaired) electrons. The van der Waals surface area contributed by atoms with Crippen LogP contribution in [0.5, 0.6) is 5.75 Å². The fourth-order valence-corrected chi connectivity index (χ4v) is 2.90. The van der Waals surface area contributed by atoms with E-state index in [2.05, 4.69) is 40.4 Å². The van der Waals surface area contributed by atoms with Crippen molar-refractivity contribution in [3.8, 4) is 11.9 Å². The number of benzene rings is 2. The van der Waals surface area contributed by atoms with Gasteiger partial charge in [0, 0.05) is 0 Å². The molecule has 1 aromatic heterocycles. The molecule has 0 aliphatic carbocycles. The molecule has 204 valence electrons. The van der Waals surface area contributed by atoms with Gasteiger partial charge >= 0.3 is 12.1 Å². The second-order valence-corrected chi connectivity index (χ2v) is 7.62. The lowest BCUT2D eigenvalue weighted by molar-refractivity contribution is -0.203. The first-order valence-electron chi connectivity index (χ1n) is 10.6. The Morgan fingerprint density at radius 3 is 2.59 bits per heavy atom. The summed E-state index contributed by atoms with van der Waals surface area (Å²) in [6.07, 6.45) is -3.60. The number of methoxy groups -OCH3 is 1. The predicted octanol–water partition coefficient (Wildman–Crippen LogP) is 3.28. The minimum Gasteiger partial charge on any atom is -0.497 e. The van der Waals surface area contributed by atoms with Crippen molar-refractivity contribution in [3.05, 3.63) is 70.3 Å². The number of amidine groups is 1. The SMILES string of the molecule is COc1ccc(CN=C(NC#N)NCc2nonc2C(=Nc2ccc(F)c(Cl)c2)NOC(=O)C(F)(F)F)cc1. The van der Waals surface area contributed by atoms with Gasteiger partial charge in [-0.1, -0.05) is 28.9 Å². The maximum absolute atomic E-state index is 13.5. The molecule has 0 spiro atoms. The van der Waals surface area contributed by atoms with Crippen LogP contribution in [0, 0.1) is 17.3 Å². The lowest BCUT2D eigenvalue weighted by Crippen LogP contribution is -2.37. The van der Waals surface area contributed by atoms with Gasteiger partial charge in [-0.15, -0.1) is 0 Å². The van der Waals surface area contributed by atoms with Crippen LogP contribution in [0.15, 0.2) is 57.1 Å². The number of carbonyl (C=O) groups is 1. The zero-order chi connectivity index (χ0) is 28.4. The fraction of sp³-hybridized carbons (Fsp3) is 0.182. The quantitative estimate of drug-likeness (QED) is 0.0964. The Kier molecular flexibility index (Phi) is 9.59. The second kappa shape index (κ2) is 13.1. The molecule has 0 amide bonds. The molecule has 3 rings (SSSR count). The molecule has 39 heavy (non-hydrogen) atoms. The molecule has 3 aromatic rings. The van der Waals surface area contributed by atoms with E-state index in [0.717, 1.165) is 23.8 Å². The number of hydrogen-bond donors (Lipinski definition) is 3. The van der Waals surface area contributed by atoms with Crippen molar-refractivity contribution in [2.24, 2.45) is 9.98 Å². The van der Waals surface area contributed by atoms with Gasteiger partial charge in [0.25, 0.3) is 0 Å². The molecule has 0 fully saturated rings. The lowest BCUT2D eigenvalue weighted by atomic mass is 10.2. The Balaban J connectivity index is 1.83. The number of aromatic nitrogens is 2. The van der Waals surface area contributed by atoms with E-state index in [0.29, 0.717) is 5.75 Å². The smallest absolute Gasteiger partial charge is 0.493 e. The third-order valence-electron chi connectivity index (χ3n) is 4.57. The number of nitrogens with zero attached hydrogens (tertiary/aromatic N) is 5. The molecule has 17 heteroatoms. The summed E-state index contributed by atoms with van der Waals surface area (Å²) in [7, 11) is 1.53. The molecule has 3 N–H and O–H groups in total. The van der Waals surface area contributed by atoms with Gasteiger partial charge in [0.05, 0.1) is 30.9 Å². The van der Waals surface area contributed by atoms with E-state index in [1.165, 1.54) is 7.11 Å². The van der Waals surface area contributed by atoms with Gasteiger partial charge in [0.2, 0.25) is 5.96 Å². The molecular weight excluding hydrogens is 552 g/mol. The molecule has 1 heterocycles. The monoisotopic (exact) mass is 568 g/mol. The Morgan fingerprint density at radius 1 is 1.21 bits per heavy atom. The van der Waals surface area contributed by atoms with Gasteiger partial charge in [-0.05, 0) is 41.1 Å². The Morgan fingerprint density at radius 2 is 1.95 bits per heavy atom. The molecule has 12 nitrogen and oxygen atoms in total. The van der Waals surface area contributed by atoms with Crippen LogP contribution in [0.4, 0.5) is 23.2 Å². The number of aliphatic imine (C=N–C) groups is 2. The van der Waals surface area contributed by atoms with Crippen LogP contribution in [-0.2, 0) is 22.7 Å². The molecule has 0 aliphatic rings. The van der Waals surface area contributed by atoms with E-state index in [-0.39, 0.29) is 41.1 Å². The maximum atomic E-state index is 13.5. The van der Waals surface area contributed by atoms with Crippen LogP contribution < -0.4 is 20.9 Å². The van der Waals surface area contributed by atoms with Crippen molar-refractivity contribution < 1.29 is 36.6 Å². The van der Waals surface area contributed by atoms with E-state index in [4.69, 9.17) is 21.6 Å². The normalized spacial score (nSPS) is 11.9. The predicted molar refractivity (Wildman–Crippen MR) is 127 cm³/mol. The molecule has 0 unspecified atom stereocenters. The minimum atomic E-state index is -5.32. The van der Waals surface area contributed by atoms with E-state index >= 15 is 0 Å². The first-order chi connectivity index (χ1) is 18.6. The van der Waals surface area contributed by atoms with E-state index in [1.54, 1.807) is 35.9 Å². The number of halogens is 5. The highest BCUT2D eigenvalue weighted by Crippen LogP contribution is 2.23. The standard InChI is InChI=1S/C22H17ClF4N8O4/c1-37-14-5-2-12(3-6-14)9-29-21(31-11-28)30-10-17-18(34-39-33-17)19(35-38-20(36)22(25,26)27)32-13-4-7-16(24)15(23)8-13/h2-8H,9-10H2,1H3,(H,32,35)(H2,29,30,31). The third-order valence-corrected chi connectivity index (χ3v) is 4.86. The number of rotatable bonds is 7. The largest absolute Gasteiger partial charge is 0.497 e. The van der Waals surface area contributed by atoms with Gasteiger partial charge in [0.15, 0.2) is 17.7 Å². The lowest BCUT2D eigenvalue weighted by Gasteiger charge is -2.11. The summed E-state index contributed by atoms with van der Waals surface area (Å²) in [6, 6.07) is 10.2.